The first-order valence-electron chi connectivity index (χ1n) is 6.84. The van der Waals surface area contributed by atoms with Gasteiger partial charge in [-0.1, -0.05) is 11.6 Å². The zero-order valence-corrected chi connectivity index (χ0v) is 14.0. The fourth-order valence-corrected chi connectivity index (χ4v) is 3.23. The molecule has 2 saturated heterocycles. The molecule has 4 nitrogen and oxygen atoms in total. The third-order valence-electron chi connectivity index (χ3n) is 3.98. The Morgan fingerprint density at radius 1 is 1.30 bits per heavy atom. The Labute approximate surface area is 137 Å². The number of hydrogen-bond donors (Lipinski definition) is 1. The van der Waals surface area contributed by atoms with Crippen molar-refractivity contribution in [1.29, 1.82) is 0 Å². The number of carbonyl (C=O) groups is 1. The third-order valence-corrected chi connectivity index (χ3v) is 5.56. The van der Waals surface area contributed by atoms with E-state index >= 15 is 0 Å². The molecule has 0 aliphatic carbocycles. The maximum atomic E-state index is 12.4. The van der Waals surface area contributed by atoms with Gasteiger partial charge in [0, 0.05) is 54.4 Å². The summed E-state index contributed by atoms with van der Waals surface area (Å²) in [5, 5.41) is 4.00. The topological polar surface area (TPSA) is 35.6 Å². The highest BCUT2D eigenvalue weighted by molar-refractivity contribution is 14.1. The molecule has 3 rings (SSSR count). The van der Waals surface area contributed by atoms with Crippen LogP contribution in [0.3, 0.4) is 0 Å². The number of amides is 1. The highest BCUT2D eigenvalue weighted by Gasteiger charge is 2.35. The first kappa shape index (κ1) is 14.6. The number of benzene rings is 1. The molecule has 0 atom stereocenters. The molecule has 2 aliphatic rings. The largest absolute Gasteiger partial charge is 0.335 e. The first-order valence-corrected chi connectivity index (χ1v) is 8.30. The maximum Gasteiger partial charge on any atom is 0.254 e. The molecule has 2 heterocycles. The minimum Gasteiger partial charge on any atom is -0.335 e. The molecule has 0 aromatic heterocycles. The Bertz CT molecular complexity index is 513. The number of rotatable bonds is 2. The average Bonchev–Trinajstić information content (AvgIpc) is 2.41. The van der Waals surface area contributed by atoms with Crippen LogP contribution in [0.25, 0.3) is 0 Å². The second-order valence-electron chi connectivity index (χ2n) is 5.28. The van der Waals surface area contributed by atoms with Gasteiger partial charge >= 0.3 is 0 Å². The Hall–Kier alpha value is -0.370. The molecule has 0 saturated carbocycles. The van der Waals surface area contributed by atoms with E-state index in [-0.39, 0.29) is 5.91 Å². The van der Waals surface area contributed by atoms with Gasteiger partial charge in [0.2, 0.25) is 0 Å². The summed E-state index contributed by atoms with van der Waals surface area (Å²) in [7, 11) is 0. The van der Waals surface area contributed by atoms with Crippen LogP contribution in [0.4, 0.5) is 0 Å². The molecule has 1 aromatic rings. The van der Waals surface area contributed by atoms with E-state index in [0.717, 1.165) is 42.8 Å². The van der Waals surface area contributed by atoms with Gasteiger partial charge in [0.05, 0.1) is 5.02 Å². The van der Waals surface area contributed by atoms with E-state index in [1.165, 1.54) is 0 Å². The predicted molar refractivity (Wildman–Crippen MR) is 88.3 cm³/mol. The monoisotopic (exact) mass is 405 g/mol. The molecule has 2 fully saturated rings. The molecular weight excluding hydrogens is 389 g/mol. The number of nitrogens with zero attached hydrogens (tertiary/aromatic N) is 2. The molecule has 2 aliphatic heterocycles. The summed E-state index contributed by atoms with van der Waals surface area (Å²) in [5.41, 5.74) is 0.689. The fourth-order valence-electron chi connectivity index (χ4n) is 2.71. The minimum atomic E-state index is 0.0923. The van der Waals surface area contributed by atoms with Gasteiger partial charge in [0.15, 0.2) is 0 Å². The Morgan fingerprint density at radius 3 is 2.65 bits per heavy atom. The number of piperazine rings is 1. The summed E-state index contributed by atoms with van der Waals surface area (Å²) in [5.74, 6) is 0.0923. The van der Waals surface area contributed by atoms with E-state index in [4.69, 9.17) is 11.6 Å². The fraction of sp³-hybridized carbons (Fsp3) is 0.500. The van der Waals surface area contributed by atoms with E-state index in [1.54, 1.807) is 6.07 Å². The smallest absolute Gasteiger partial charge is 0.254 e. The summed E-state index contributed by atoms with van der Waals surface area (Å²) in [4.78, 5) is 16.7. The molecule has 6 heteroatoms. The van der Waals surface area contributed by atoms with Crippen LogP contribution in [0, 0.1) is 3.57 Å². The minimum absolute atomic E-state index is 0.0923. The summed E-state index contributed by atoms with van der Waals surface area (Å²) in [6.07, 6.45) is 0. The van der Waals surface area contributed by atoms with Crippen molar-refractivity contribution in [2.75, 3.05) is 39.3 Å². The Morgan fingerprint density at radius 2 is 2.00 bits per heavy atom. The summed E-state index contributed by atoms with van der Waals surface area (Å²) in [6.45, 7) is 5.95. The van der Waals surface area contributed by atoms with Crippen LogP contribution < -0.4 is 5.32 Å². The second-order valence-corrected chi connectivity index (χ2v) is 6.85. The number of halogens is 2. The lowest BCUT2D eigenvalue weighted by molar-refractivity contribution is 0.0227. The molecule has 1 aromatic carbocycles. The van der Waals surface area contributed by atoms with Crippen LogP contribution in [0.1, 0.15) is 10.4 Å². The molecular formula is C14H17ClIN3O. The van der Waals surface area contributed by atoms with Crippen molar-refractivity contribution in [1.82, 2.24) is 15.1 Å². The zero-order valence-electron chi connectivity index (χ0n) is 11.1. The summed E-state index contributed by atoms with van der Waals surface area (Å²) >= 11 is 8.25. The van der Waals surface area contributed by atoms with E-state index in [2.05, 4.69) is 32.8 Å². The van der Waals surface area contributed by atoms with Gasteiger partial charge in [-0.3, -0.25) is 9.69 Å². The van der Waals surface area contributed by atoms with Crippen molar-refractivity contribution >= 4 is 40.1 Å². The predicted octanol–water partition coefficient (Wildman–Crippen LogP) is 1.67. The molecule has 0 unspecified atom stereocenters. The quantitative estimate of drug-likeness (QED) is 0.761. The van der Waals surface area contributed by atoms with E-state index in [9.17, 15) is 4.79 Å². The number of likely N-dealkylation sites (tertiary alicyclic amines) is 1. The molecule has 1 amide bonds. The van der Waals surface area contributed by atoms with E-state index < -0.39 is 0 Å². The number of carbonyl (C=O) groups excluding carboxylic acids is 1. The first-order chi connectivity index (χ1) is 9.65. The van der Waals surface area contributed by atoms with Crippen molar-refractivity contribution in [2.45, 2.75) is 6.04 Å². The van der Waals surface area contributed by atoms with Crippen LogP contribution in [0.15, 0.2) is 18.2 Å². The van der Waals surface area contributed by atoms with Crippen molar-refractivity contribution in [3.63, 3.8) is 0 Å². The van der Waals surface area contributed by atoms with E-state index in [1.807, 2.05) is 17.0 Å². The van der Waals surface area contributed by atoms with Gasteiger partial charge < -0.3 is 10.2 Å². The molecule has 108 valence electrons. The molecule has 1 N–H and O–H groups in total. The number of hydrogen-bond acceptors (Lipinski definition) is 3. The van der Waals surface area contributed by atoms with E-state index in [0.29, 0.717) is 16.6 Å². The second kappa shape index (κ2) is 6.17. The van der Waals surface area contributed by atoms with Gasteiger partial charge in [0.25, 0.3) is 5.91 Å². The van der Waals surface area contributed by atoms with Gasteiger partial charge in [-0.25, -0.2) is 0 Å². The number of nitrogens with one attached hydrogen (secondary N) is 1. The van der Waals surface area contributed by atoms with Crippen LogP contribution in [0.2, 0.25) is 5.02 Å². The standard InChI is InChI=1S/C14H17ClIN3O/c15-12-7-10(1-2-13(12)16)14(20)19-8-11(9-19)18-5-3-17-4-6-18/h1-2,7,11,17H,3-6,8-9H2. The van der Waals surface area contributed by atoms with Gasteiger partial charge in [-0.05, 0) is 40.8 Å². The van der Waals surface area contributed by atoms with Crippen molar-refractivity contribution in [3.05, 3.63) is 32.4 Å². The maximum absolute atomic E-state index is 12.4. The molecule has 0 spiro atoms. The third kappa shape index (κ3) is 2.95. The lowest BCUT2D eigenvalue weighted by atomic mass is 10.0. The molecule has 0 bridgehead atoms. The van der Waals surface area contributed by atoms with Gasteiger partial charge in [-0.15, -0.1) is 0 Å². The highest BCUT2D eigenvalue weighted by atomic mass is 127. The SMILES string of the molecule is O=C(c1ccc(I)c(Cl)c1)N1CC(N2CCNCC2)C1. The lowest BCUT2D eigenvalue weighted by Gasteiger charge is -2.46. The van der Waals surface area contributed by atoms with Gasteiger partial charge in [-0.2, -0.15) is 0 Å². The van der Waals surface area contributed by atoms with Crippen LogP contribution in [-0.4, -0.2) is 61.0 Å². The van der Waals surface area contributed by atoms with Crippen LogP contribution >= 0.6 is 34.2 Å². The summed E-state index contributed by atoms with van der Waals surface area (Å²) < 4.78 is 0.975. The zero-order chi connectivity index (χ0) is 14.1. The summed E-state index contributed by atoms with van der Waals surface area (Å²) in [6, 6.07) is 6.04. The Kier molecular flexibility index (Phi) is 4.49. The highest BCUT2D eigenvalue weighted by Crippen LogP contribution is 2.23. The van der Waals surface area contributed by atoms with Crippen LogP contribution in [0.5, 0.6) is 0 Å². The Balaban J connectivity index is 1.58. The normalized spacial score (nSPS) is 20.8. The van der Waals surface area contributed by atoms with Crippen LogP contribution in [-0.2, 0) is 0 Å². The average molecular weight is 406 g/mol. The molecule has 0 radical (unpaired) electrons. The lowest BCUT2D eigenvalue weighted by Crippen LogP contribution is -2.63. The van der Waals surface area contributed by atoms with Crippen molar-refractivity contribution < 1.29 is 4.79 Å². The molecule has 20 heavy (non-hydrogen) atoms. The van der Waals surface area contributed by atoms with Crippen molar-refractivity contribution in [3.8, 4) is 0 Å². The van der Waals surface area contributed by atoms with Gasteiger partial charge in [0.1, 0.15) is 0 Å². The van der Waals surface area contributed by atoms with Crippen molar-refractivity contribution in [2.24, 2.45) is 0 Å².